The predicted molar refractivity (Wildman–Crippen MR) is 104 cm³/mol. The van der Waals surface area contributed by atoms with Crippen LogP contribution < -0.4 is 5.56 Å². The summed E-state index contributed by atoms with van der Waals surface area (Å²) < 4.78 is 20.9. The Labute approximate surface area is 160 Å². The van der Waals surface area contributed by atoms with Crippen LogP contribution in [0.15, 0.2) is 45.7 Å². The zero-order valence-corrected chi connectivity index (χ0v) is 15.9. The smallest absolute Gasteiger partial charge is 0.272 e. The first-order chi connectivity index (χ1) is 13.5. The highest BCUT2D eigenvalue weighted by Crippen LogP contribution is 2.25. The molecule has 7 heteroatoms. The lowest BCUT2D eigenvalue weighted by atomic mass is 10.1. The second-order valence-corrected chi connectivity index (χ2v) is 6.74. The molecule has 0 saturated carbocycles. The molecule has 6 nitrogen and oxygen atoms in total. The maximum Gasteiger partial charge on any atom is 0.272 e. The van der Waals surface area contributed by atoms with Crippen molar-refractivity contribution in [2.24, 2.45) is 0 Å². The topological polar surface area (TPSA) is 73.8 Å². The Bertz CT molecular complexity index is 1240. The van der Waals surface area contributed by atoms with Gasteiger partial charge in [0.25, 0.3) is 11.4 Å². The van der Waals surface area contributed by atoms with Crippen LogP contribution in [0.2, 0.25) is 0 Å². The van der Waals surface area contributed by atoms with Crippen molar-refractivity contribution >= 4 is 11.0 Å². The normalized spacial score (nSPS) is 11.3. The number of hydrogen-bond acceptors (Lipinski definition) is 5. The van der Waals surface area contributed by atoms with Gasteiger partial charge in [-0.2, -0.15) is 4.98 Å². The minimum Gasteiger partial charge on any atom is -0.334 e. The van der Waals surface area contributed by atoms with Crippen molar-refractivity contribution in [3.8, 4) is 22.8 Å². The molecule has 2 aromatic heterocycles. The molecule has 0 aliphatic carbocycles. The van der Waals surface area contributed by atoms with E-state index in [2.05, 4.69) is 15.1 Å². The quantitative estimate of drug-likeness (QED) is 0.530. The van der Waals surface area contributed by atoms with Gasteiger partial charge in [-0.25, -0.2) is 9.37 Å². The third-order valence-electron chi connectivity index (χ3n) is 4.66. The van der Waals surface area contributed by atoms with Gasteiger partial charge in [0, 0.05) is 17.7 Å². The van der Waals surface area contributed by atoms with Crippen molar-refractivity contribution in [2.75, 3.05) is 0 Å². The molecule has 28 heavy (non-hydrogen) atoms. The molecular formula is C21H19FN4O2. The molecule has 0 saturated heterocycles. The lowest BCUT2D eigenvalue weighted by Crippen LogP contribution is -2.24. The highest BCUT2D eigenvalue weighted by atomic mass is 19.1. The Morgan fingerprint density at radius 1 is 1.07 bits per heavy atom. The van der Waals surface area contributed by atoms with E-state index in [9.17, 15) is 9.18 Å². The second-order valence-electron chi connectivity index (χ2n) is 6.74. The van der Waals surface area contributed by atoms with Crippen LogP contribution >= 0.6 is 0 Å². The maximum atomic E-state index is 13.8. The molecule has 0 aliphatic rings. The van der Waals surface area contributed by atoms with Crippen LogP contribution in [0.3, 0.4) is 0 Å². The fourth-order valence-corrected chi connectivity index (χ4v) is 3.14. The molecule has 0 unspecified atom stereocenters. The number of fused-ring (bicyclic) bond motifs is 1. The lowest BCUT2D eigenvalue weighted by molar-refractivity contribution is 0.432. The zero-order valence-electron chi connectivity index (χ0n) is 15.9. The Balaban J connectivity index is 1.78. The molecule has 0 spiro atoms. The van der Waals surface area contributed by atoms with Gasteiger partial charge in [-0.1, -0.05) is 18.1 Å². The van der Waals surface area contributed by atoms with Crippen molar-refractivity contribution in [1.29, 1.82) is 0 Å². The highest BCUT2D eigenvalue weighted by molar-refractivity contribution is 5.80. The predicted octanol–water partition coefficient (Wildman–Crippen LogP) is 4.28. The summed E-state index contributed by atoms with van der Waals surface area (Å²) in [6, 6.07) is 10.3. The largest absolute Gasteiger partial charge is 0.334 e. The SMILES string of the molecule is CCCn1c(=O)c(C)nc2cc(-c3noc(-c4ccc(C)c(F)c4)n3)ccc21. The minimum atomic E-state index is -0.323. The van der Waals surface area contributed by atoms with Crippen LogP contribution in [0.1, 0.15) is 24.6 Å². The summed E-state index contributed by atoms with van der Waals surface area (Å²) in [6.45, 7) is 6.06. The standard InChI is InChI=1S/C21H19FN4O2/c1-4-9-26-18-8-7-14(11-17(18)23-13(3)21(26)27)19-24-20(28-25-19)15-6-5-12(2)16(22)10-15/h5-8,10-11H,4,9H2,1-3H3. The van der Waals surface area contributed by atoms with Crippen molar-refractivity contribution < 1.29 is 8.91 Å². The summed E-state index contributed by atoms with van der Waals surface area (Å²) in [4.78, 5) is 21.2. The number of rotatable bonds is 4. The summed E-state index contributed by atoms with van der Waals surface area (Å²) in [5, 5.41) is 4.02. The Morgan fingerprint density at radius 3 is 2.61 bits per heavy atom. The molecule has 2 aromatic carbocycles. The Hall–Kier alpha value is -3.35. The van der Waals surface area contributed by atoms with E-state index in [4.69, 9.17) is 4.52 Å². The lowest BCUT2D eigenvalue weighted by Gasteiger charge is -2.10. The highest BCUT2D eigenvalue weighted by Gasteiger charge is 2.14. The summed E-state index contributed by atoms with van der Waals surface area (Å²) in [6.07, 6.45) is 0.849. The third kappa shape index (κ3) is 3.09. The van der Waals surface area contributed by atoms with E-state index in [1.807, 2.05) is 25.1 Å². The van der Waals surface area contributed by atoms with Crippen LogP contribution in [0, 0.1) is 19.7 Å². The molecule has 142 valence electrons. The number of halogens is 1. The number of nitrogens with zero attached hydrogens (tertiary/aromatic N) is 4. The number of hydrogen-bond donors (Lipinski definition) is 0. The van der Waals surface area contributed by atoms with E-state index in [1.165, 1.54) is 6.07 Å². The van der Waals surface area contributed by atoms with Gasteiger partial charge in [-0.05, 0) is 56.2 Å². The Kier molecular flexibility index (Phi) is 4.50. The van der Waals surface area contributed by atoms with E-state index < -0.39 is 0 Å². The van der Waals surface area contributed by atoms with Crippen LogP contribution in [-0.2, 0) is 6.54 Å². The maximum absolute atomic E-state index is 13.8. The molecule has 0 amide bonds. The summed E-state index contributed by atoms with van der Waals surface area (Å²) in [5.41, 5.74) is 3.61. The van der Waals surface area contributed by atoms with E-state index >= 15 is 0 Å². The molecule has 0 N–H and O–H groups in total. The fraction of sp³-hybridized carbons (Fsp3) is 0.238. The Morgan fingerprint density at radius 2 is 1.86 bits per heavy atom. The average molecular weight is 378 g/mol. The molecular weight excluding hydrogens is 359 g/mol. The number of aryl methyl sites for hydroxylation is 3. The van der Waals surface area contributed by atoms with Crippen molar-refractivity contribution in [1.82, 2.24) is 19.7 Å². The van der Waals surface area contributed by atoms with Crippen molar-refractivity contribution in [2.45, 2.75) is 33.7 Å². The summed E-state index contributed by atoms with van der Waals surface area (Å²) >= 11 is 0. The first-order valence-corrected chi connectivity index (χ1v) is 9.09. The summed E-state index contributed by atoms with van der Waals surface area (Å²) in [7, 11) is 0. The molecule has 0 radical (unpaired) electrons. The van der Waals surface area contributed by atoms with Gasteiger partial charge in [-0.3, -0.25) is 4.79 Å². The zero-order chi connectivity index (χ0) is 19.8. The van der Waals surface area contributed by atoms with Crippen molar-refractivity contribution in [3.05, 3.63) is 63.8 Å². The van der Waals surface area contributed by atoms with Gasteiger partial charge < -0.3 is 9.09 Å². The van der Waals surface area contributed by atoms with E-state index in [0.29, 0.717) is 40.3 Å². The van der Waals surface area contributed by atoms with E-state index in [1.54, 1.807) is 30.5 Å². The minimum absolute atomic E-state index is 0.0784. The average Bonchev–Trinajstić information content (AvgIpc) is 3.17. The fourth-order valence-electron chi connectivity index (χ4n) is 3.14. The summed E-state index contributed by atoms with van der Waals surface area (Å²) in [5.74, 6) is 0.302. The second kappa shape index (κ2) is 6.99. The first-order valence-electron chi connectivity index (χ1n) is 9.09. The van der Waals surface area contributed by atoms with Gasteiger partial charge in [0.05, 0.1) is 11.0 Å². The van der Waals surface area contributed by atoms with Crippen LogP contribution in [0.25, 0.3) is 33.9 Å². The van der Waals surface area contributed by atoms with Crippen LogP contribution in [-0.4, -0.2) is 19.7 Å². The van der Waals surface area contributed by atoms with Gasteiger partial charge in [0.1, 0.15) is 11.5 Å². The molecule has 0 bridgehead atoms. The number of aromatic nitrogens is 4. The van der Waals surface area contributed by atoms with Crippen molar-refractivity contribution in [3.63, 3.8) is 0 Å². The molecule has 0 atom stereocenters. The third-order valence-corrected chi connectivity index (χ3v) is 4.66. The molecule has 0 fully saturated rings. The van der Waals surface area contributed by atoms with Crippen LogP contribution in [0.5, 0.6) is 0 Å². The molecule has 4 rings (SSSR count). The van der Waals surface area contributed by atoms with Gasteiger partial charge >= 0.3 is 0 Å². The van der Waals surface area contributed by atoms with Crippen LogP contribution in [0.4, 0.5) is 4.39 Å². The van der Waals surface area contributed by atoms with Gasteiger partial charge in [-0.15, -0.1) is 0 Å². The first kappa shape index (κ1) is 18.0. The molecule has 2 heterocycles. The van der Waals surface area contributed by atoms with E-state index in [-0.39, 0.29) is 17.3 Å². The van der Waals surface area contributed by atoms with Gasteiger partial charge in [0.2, 0.25) is 5.82 Å². The monoisotopic (exact) mass is 378 g/mol. The van der Waals surface area contributed by atoms with E-state index in [0.717, 1.165) is 11.9 Å². The number of benzene rings is 2. The molecule has 0 aliphatic heterocycles. The van der Waals surface area contributed by atoms with Gasteiger partial charge in [0.15, 0.2) is 0 Å². The molecule has 4 aromatic rings.